The maximum absolute atomic E-state index is 9.77. The number of nitrogens with zero attached hydrogens (tertiary/aromatic N) is 1. The molecule has 1 atom stereocenters. The smallest absolute Gasteiger partial charge is 0.191 e. The summed E-state index contributed by atoms with van der Waals surface area (Å²) in [6.45, 7) is 8.51. The van der Waals surface area contributed by atoms with E-state index in [0.29, 0.717) is 13.1 Å². The average molecular weight is 511 g/mol. The minimum Gasteiger partial charge on any atom is -0.497 e. The predicted molar refractivity (Wildman–Crippen MR) is 132 cm³/mol. The standard InChI is InChI=1S/C23H33N3O2.HI/c1-5-24-22(25-15-19(16-27)18-10-7-6-8-11-18)26-17-23(2,3)20-12-9-13-21(14-20)28-4;/h6-14,19,27H,5,15-17H2,1-4H3,(H2,24,25,26);1H. The molecule has 0 amide bonds. The molecule has 0 aliphatic heterocycles. The van der Waals surface area contributed by atoms with Crippen molar-refractivity contribution in [2.75, 3.05) is 33.4 Å². The lowest BCUT2D eigenvalue weighted by molar-refractivity contribution is 0.265. The summed E-state index contributed by atoms with van der Waals surface area (Å²) in [5.74, 6) is 1.64. The van der Waals surface area contributed by atoms with Crippen molar-refractivity contribution >= 4 is 29.9 Å². The molecule has 0 bridgehead atoms. The van der Waals surface area contributed by atoms with Crippen molar-refractivity contribution in [2.45, 2.75) is 32.1 Å². The van der Waals surface area contributed by atoms with Gasteiger partial charge >= 0.3 is 0 Å². The van der Waals surface area contributed by atoms with Gasteiger partial charge in [-0.2, -0.15) is 0 Å². The van der Waals surface area contributed by atoms with E-state index in [1.165, 1.54) is 5.56 Å². The van der Waals surface area contributed by atoms with Crippen molar-refractivity contribution in [3.63, 3.8) is 0 Å². The fraction of sp³-hybridized carbons (Fsp3) is 0.435. The molecule has 29 heavy (non-hydrogen) atoms. The summed E-state index contributed by atoms with van der Waals surface area (Å²) in [5.41, 5.74) is 2.17. The van der Waals surface area contributed by atoms with Crippen LogP contribution in [-0.4, -0.2) is 44.4 Å². The van der Waals surface area contributed by atoms with Gasteiger partial charge in [0, 0.05) is 24.4 Å². The van der Waals surface area contributed by atoms with Crippen molar-refractivity contribution in [2.24, 2.45) is 4.99 Å². The molecule has 6 heteroatoms. The Bertz CT molecular complexity index is 751. The lowest BCUT2D eigenvalue weighted by Gasteiger charge is -2.25. The fourth-order valence-corrected chi connectivity index (χ4v) is 2.99. The summed E-state index contributed by atoms with van der Waals surface area (Å²) in [5, 5.41) is 16.4. The van der Waals surface area contributed by atoms with E-state index < -0.39 is 0 Å². The van der Waals surface area contributed by atoms with Gasteiger partial charge in [-0.05, 0) is 30.2 Å². The molecule has 0 aliphatic rings. The number of benzene rings is 2. The van der Waals surface area contributed by atoms with E-state index in [1.54, 1.807) is 7.11 Å². The molecule has 0 aromatic heterocycles. The van der Waals surface area contributed by atoms with E-state index >= 15 is 0 Å². The lowest BCUT2D eigenvalue weighted by Crippen LogP contribution is -2.40. The number of guanidine groups is 1. The maximum atomic E-state index is 9.77. The molecular formula is C23H34IN3O2. The van der Waals surface area contributed by atoms with Crippen molar-refractivity contribution in [1.29, 1.82) is 0 Å². The highest BCUT2D eigenvalue weighted by Crippen LogP contribution is 2.26. The second-order valence-electron chi connectivity index (χ2n) is 7.48. The van der Waals surface area contributed by atoms with Gasteiger partial charge in [-0.25, -0.2) is 0 Å². The van der Waals surface area contributed by atoms with Crippen LogP contribution in [0.3, 0.4) is 0 Å². The Morgan fingerprint density at radius 2 is 1.83 bits per heavy atom. The van der Waals surface area contributed by atoms with E-state index in [4.69, 9.17) is 9.73 Å². The third kappa shape index (κ3) is 7.85. The first kappa shape index (κ1) is 25.2. The van der Waals surface area contributed by atoms with Gasteiger partial charge in [0.05, 0.1) is 20.3 Å². The predicted octanol–water partition coefficient (Wildman–Crippen LogP) is 3.92. The van der Waals surface area contributed by atoms with Gasteiger partial charge in [-0.3, -0.25) is 4.99 Å². The second kappa shape index (κ2) is 12.7. The Labute approximate surface area is 192 Å². The van der Waals surface area contributed by atoms with E-state index in [0.717, 1.165) is 23.8 Å². The molecule has 3 N–H and O–H groups in total. The van der Waals surface area contributed by atoms with Crippen LogP contribution in [0.15, 0.2) is 59.6 Å². The van der Waals surface area contributed by atoms with Gasteiger partial charge in [0.1, 0.15) is 5.75 Å². The number of ether oxygens (including phenoxy) is 1. The highest BCUT2D eigenvalue weighted by atomic mass is 127. The highest BCUT2D eigenvalue weighted by Gasteiger charge is 2.21. The molecule has 0 saturated heterocycles. The summed E-state index contributed by atoms with van der Waals surface area (Å²) >= 11 is 0. The summed E-state index contributed by atoms with van der Waals surface area (Å²) in [4.78, 5) is 4.79. The number of aliphatic hydroxyl groups excluding tert-OH is 1. The topological polar surface area (TPSA) is 65.9 Å². The molecule has 1 unspecified atom stereocenters. The normalized spacial score (nSPS) is 12.7. The number of aliphatic hydroxyl groups is 1. The Kier molecular flexibility index (Phi) is 11.0. The molecule has 160 valence electrons. The van der Waals surface area contributed by atoms with Crippen molar-refractivity contribution in [1.82, 2.24) is 10.6 Å². The van der Waals surface area contributed by atoms with E-state index in [-0.39, 0.29) is 41.9 Å². The van der Waals surface area contributed by atoms with Crippen LogP contribution in [0, 0.1) is 0 Å². The Morgan fingerprint density at radius 3 is 2.45 bits per heavy atom. The lowest BCUT2D eigenvalue weighted by atomic mass is 9.85. The fourth-order valence-electron chi connectivity index (χ4n) is 2.99. The number of halogens is 1. The number of rotatable bonds is 9. The summed E-state index contributed by atoms with van der Waals surface area (Å²) in [6, 6.07) is 18.2. The van der Waals surface area contributed by atoms with Crippen molar-refractivity contribution in [3.05, 3.63) is 65.7 Å². The monoisotopic (exact) mass is 511 g/mol. The van der Waals surface area contributed by atoms with Crippen molar-refractivity contribution in [3.8, 4) is 5.75 Å². The van der Waals surface area contributed by atoms with Gasteiger partial charge in [-0.15, -0.1) is 24.0 Å². The second-order valence-corrected chi connectivity index (χ2v) is 7.48. The Morgan fingerprint density at radius 1 is 1.10 bits per heavy atom. The Balaban J connectivity index is 0.00000420. The zero-order chi connectivity index (χ0) is 20.4. The molecule has 2 rings (SSSR count). The third-order valence-electron chi connectivity index (χ3n) is 4.84. The van der Waals surface area contributed by atoms with Crippen LogP contribution in [-0.2, 0) is 5.41 Å². The van der Waals surface area contributed by atoms with E-state index in [2.05, 4.69) is 36.6 Å². The average Bonchev–Trinajstić information content (AvgIpc) is 2.73. The number of nitrogens with one attached hydrogen (secondary N) is 2. The van der Waals surface area contributed by atoms with Crippen LogP contribution in [0.4, 0.5) is 0 Å². The highest BCUT2D eigenvalue weighted by molar-refractivity contribution is 14.0. The first-order chi connectivity index (χ1) is 13.5. The molecule has 0 aliphatic carbocycles. The van der Waals surface area contributed by atoms with Gasteiger partial charge in [-0.1, -0.05) is 56.3 Å². The maximum Gasteiger partial charge on any atom is 0.191 e. The molecule has 2 aromatic carbocycles. The molecular weight excluding hydrogens is 477 g/mol. The van der Waals surface area contributed by atoms with E-state index in [1.807, 2.05) is 49.4 Å². The molecule has 0 saturated carbocycles. The number of hydrogen-bond acceptors (Lipinski definition) is 3. The summed E-state index contributed by atoms with van der Waals surface area (Å²) in [7, 11) is 1.68. The van der Waals surface area contributed by atoms with Gasteiger partial charge in [0.25, 0.3) is 0 Å². The summed E-state index contributed by atoms with van der Waals surface area (Å²) < 4.78 is 5.35. The molecule has 0 heterocycles. The van der Waals surface area contributed by atoms with Gasteiger partial charge < -0.3 is 20.5 Å². The van der Waals surface area contributed by atoms with Gasteiger partial charge in [0.2, 0.25) is 0 Å². The zero-order valence-corrected chi connectivity index (χ0v) is 20.1. The zero-order valence-electron chi connectivity index (χ0n) is 17.8. The number of aliphatic imine (C=N–C) groups is 1. The number of methoxy groups -OCH3 is 1. The minimum absolute atomic E-state index is 0. The van der Waals surface area contributed by atoms with Crippen LogP contribution in [0.5, 0.6) is 5.75 Å². The quantitative estimate of drug-likeness (QED) is 0.271. The summed E-state index contributed by atoms with van der Waals surface area (Å²) in [6.07, 6.45) is 0. The van der Waals surface area contributed by atoms with Crippen LogP contribution in [0.1, 0.15) is 37.8 Å². The van der Waals surface area contributed by atoms with Crippen LogP contribution in [0.2, 0.25) is 0 Å². The van der Waals surface area contributed by atoms with Crippen molar-refractivity contribution < 1.29 is 9.84 Å². The molecule has 0 spiro atoms. The molecule has 0 radical (unpaired) electrons. The minimum atomic E-state index is -0.132. The molecule has 0 fully saturated rings. The first-order valence-electron chi connectivity index (χ1n) is 9.82. The van der Waals surface area contributed by atoms with Gasteiger partial charge in [0.15, 0.2) is 5.96 Å². The van der Waals surface area contributed by atoms with Crippen LogP contribution < -0.4 is 15.4 Å². The van der Waals surface area contributed by atoms with Crippen LogP contribution >= 0.6 is 24.0 Å². The third-order valence-corrected chi connectivity index (χ3v) is 4.84. The SMILES string of the molecule is CCNC(=NCC(C)(C)c1cccc(OC)c1)NCC(CO)c1ccccc1.I. The first-order valence-corrected chi connectivity index (χ1v) is 9.82. The number of hydrogen-bond donors (Lipinski definition) is 3. The van der Waals surface area contributed by atoms with Crippen LogP contribution in [0.25, 0.3) is 0 Å². The molecule has 2 aromatic rings. The Hall–Kier alpha value is -1.80. The molecule has 5 nitrogen and oxygen atoms in total. The largest absolute Gasteiger partial charge is 0.497 e. The van der Waals surface area contributed by atoms with E-state index in [9.17, 15) is 5.11 Å².